The molecule has 1 unspecified atom stereocenters. The van der Waals surface area contributed by atoms with Crippen LogP contribution in [0.15, 0.2) is 70.6 Å². The first-order valence-electron chi connectivity index (χ1n) is 12.9. The van der Waals surface area contributed by atoms with E-state index in [0.29, 0.717) is 0 Å². The van der Waals surface area contributed by atoms with E-state index in [1.807, 2.05) is 27.0 Å². The lowest BCUT2D eigenvalue weighted by molar-refractivity contribution is 0.283. The molecule has 1 aromatic rings. The summed E-state index contributed by atoms with van der Waals surface area (Å²) in [7, 11) is 3.93. The second-order valence-corrected chi connectivity index (χ2v) is 9.88. The fraction of sp³-hybridized carbons (Fsp3) is 0.467. The van der Waals surface area contributed by atoms with Crippen molar-refractivity contribution in [1.82, 2.24) is 15.1 Å². The van der Waals surface area contributed by atoms with Gasteiger partial charge in [0.05, 0.1) is 11.8 Å². The van der Waals surface area contributed by atoms with Gasteiger partial charge in [-0.25, -0.2) is 4.39 Å². The number of rotatable bonds is 0. The van der Waals surface area contributed by atoms with E-state index >= 15 is 0 Å². The van der Waals surface area contributed by atoms with Gasteiger partial charge < -0.3 is 15.1 Å². The van der Waals surface area contributed by atoms with Gasteiger partial charge in [0, 0.05) is 67.8 Å². The number of nitrogens with zero attached hydrogens (tertiary/aromatic N) is 4. The van der Waals surface area contributed by atoms with Crippen molar-refractivity contribution in [2.24, 2.45) is 9.98 Å². The highest BCUT2D eigenvalue weighted by molar-refractivity contribution is 6.01. The highest BCUT2D eigenvalue weighted by Gasteiger charge is 2.28. The third-order valence-corrected chi connectivity index (χ3v) is 7.08. The number of hydrogen-bond acceptors (Lipinski definition) is 5. The fourth-order valence-electron chi connectivity index (χ4n) is 4.98. The standard InChI is InChI=1S/C30H42FN5/c1-21-11-12-26-13-14-27(31)20-28(26)25(5)36-16-9-8-10-30(36)29(32-6)19-23(3)34-22(2)18-24(4)35(7)17-15-33-21/h13-14,18-20,30,33H,1,5,8-12,15-17H2,2-4,6-7H3/b23-19+,24-18+,32-29?,34-22-. The molecule has 2 aliphatic heterocycles. The molecule has 5 nitrogen and oxygen atoms in total. The summed E-state index contributed by atoms with van der Waals surface area (Å²) in [4.78, 5) is 14.0. The van der Waals surface area contributed by atoms with Crippen LogP contribution in [-0.4, -0.2) is 61.0 Å². The van der Waals surface area contributed by atoms with Crippen molar-refractivity contribution in [2.45, 2.75) is 58.9 Å². The molecule has 0 radical (unpaired) electrons. The minimum atomic E-state index is -0.241. The van der Waals surface area contributed by atoms with Crippen LogP contribution in [0.25, 0.3) is 5.70 Å². The topological polar surface area (TPSA) is 43.2 Å². The zero-order valence-corrected chi connectivity index (χ0v) is 22.7. The third kappa shape index (κ3) is 7.19. The first-order chi connectivity index (χ1) is 17.2. The summed E-state index contributed by atoms with van der Waals surface area (Å²) in [5.74, 6) is -0.241. The SMILES string of the molecule is C=C1CCc2ccc(F)cc2C(=C)N2CCCCC2C(=NC)/C=C(C)/N=C(C)\C=C(/C)N(C)CCN1. The van der Waals surface area contributed by atoms with Crippen molar-refractivity contribution in [3.8, 4) is 0 Å². The Balaban J connectivity index is 2.04. The predicted octanol–water partition coefficient (Wildman–Crippen LogP) is 5.97. The monoisotopic (exact) mass is 491 g/mol. The molecule has 1 saturated heterocycles. The van der Waals surface area contributed by atoms with E-state index in [-0.39, 0.29) is 11.9 Å². The Bertz CT molecular complexity index is 1090. The third-order valence-electron chi connectivity index (χ3n) is 7.08. The molecule has 2 aliphatic rings. The molecule has 0 bridgehead atoms. The van der Waals surface area contributed by atoms with E-state index in [9.17, 15) is 4.39 Å². The molecule has 3 rings (SSSR count). The van der Waals surface area contributed by atoms with Crippen LogP contribution < -0.4 is 5.32 Å². The molecule has 194 valence electrons. The summed E-state index contributed by atoms with van der Waals surface area (Å²) >= 11 is 0. The van der Waals surface area contributed by atoms with Crippen LogP contribution in [0.4, 0.5) is 4.39 Å². The molecule has 0 aliphatic carbocycles. The van der Waals surface area contributed by atoms with Crippen molar-refractivity contribution in [3.63, 3.8) is 0 Å². The average Bonchev–Trinajstić information content (AvgIpc) is 2.85. The summed E-state index contributed by atoms with van der Waals surface area (Å²) in [6.07, 6.45) is 8.93. The Morgan fingerprint density at radius 3 is 2.61 bits per heavy atom. The summed E-state index contributed by atoms with van der Waals surface area (Å²) in [6, 6.07) is 5.15. The number of likely N-dealkylation sites (N-methyl/N-ethyl adjacent to an activating group) is 1. The van der Waals surface area contributed by atoms with Gasteiger partial charge in [-0.1, -0.05) is 19.2 Å². The molecule has 0 amide bonds. The number of benzene rings is 1. The Morgan fingerprint density at radius 1 is 1.08 bits per heavy atom. The highest BCUT2D eigenvalue weighted by Crippen LogP contribution is 2.31. The van der Waals surface area contributed by atoms with Crippen molar-refractivity contribution in [3.05, 3.63) is 77.5 Å². The van der Waals surface area contributed by atoms with E-state index in [2.05, 4.69) is 59.4 Å². The molecule has 36 heavy (non-hydrogen) atoms. The number of piperidine rings is 1. The maximum atomic E-state index is 14.4. The zero-order chi connectivity index (χ0) is 26.2. The van der Waals surface area contributed by atoms with Crippen molar-refractivity contribution in [1.29, 1.82) is 0 Å². The molecule has 2 heterocycles. The van der Waals surface area contributed by atoms with Gasteiger partial charge in [0.25, 0.3) is 0 Å². The largest absolute Gasteiger partial charge is 0.387 e. The number of fused-ring (bicyclic) bond motifs is 2. The molecule has 1 aromatic carbocycles. The molecule has 1 N–H and O–H groups in total. The number of nitrogens with one attached hydrogen (secondary N) is 1. The van der Waals surface area contributed by atoms with Crippen molar-refractivity contribution >= 4 is 17.1 Å². The van der Waals surface area contributed by atoms with E-state index in [1.54, 1.807) is 12.1 Å². The smallest absolute Gasteiger partial charge is 0.123 e. The Kier molecular flexibility index (Phi) is 9.68. The van der Waals surface area contributed by atoms with Crippen LogP contribution in [0.2, 0.25) is 0 Å². The van der Waals surface area contributed by atoms with E-state index < -0.39 is 0 Å². The average molecular weight is 492 g/mol. The maximum Gasteiger partial charge on any atom is 0.123 e. The predicted molar refractivity (Wildman–Crippen MR) is 152 cm³/mol. The molecular weight excluding hydrogens is 449 g/mol. The summed E-state index contributed by atoms with van der Waals surface area (Å²) in [6.45, 7) is 17.4. The van der Waals surface area contributed by atoms with Crippen LogP contribution in [0.1, 0.15) is 57.6 Å². The molecule has 0 saturated carbocycles. The second kappa shape index (κ2) is 12.7. The van der Waals surface area contributed by atoms with Crippen LogP contribution in [0.3, 0.4) is 0 Å². The van der Waals surface area contributed by atoms with Crippen LogP contribution >= 0.6 is 0 Å². The molecule has 1 fully saturated rings. The Labute approximate surface area is 216 Å². The number of aryl methyl sites for hydroxylation is 1. The lowest BCUT2D eigenvalue weighted by atomic mass is 9.93. The van der Waals surface area contributed by atoms with Crippen LogP contribution in [0, 0.1) is 5.82 Å². The van der Waals surface area contributed by atoms with Gasteiger partial charge in [-0.3, -0.25) is 9.98 Å². The zero-order valence-electron chi connectivity index (χ0n) is 22.7. The first-order valence-corrected chi connectivity index (χ1v) is 12.9. The summed E-state index contributed by atoms with van der Waals surface area (Å²) in [5, 5.41) is 3.45. The van der Waals surface area contributed by atoms with E-state index in [1.165, 1.54) is 0 Å². The van der Waals surface area contributed by atoms with Gasteiger partial charge >= 0.3 is 0 Å². The maximum absolute atomic E-state index is 14.4. The van der Waals surface area contributed by atoms with Gasteiger partial charge in [0.1, 0.15) is 5.82 Å². The van der Waals surface area contributed by atoms with Gasteiger partial charge in [-0.05, 0) is 82.7 Å². The lowest BCUT2D eigenvalue weighted by Crippen LogP contribution is -2.43. The summed E-state index contributed by atoms with van der Waals surface area (Å²) < 4.78 is 14.4. The number of allylic oxidation sites excluding steroid dienone is 4. The second-order valence-electron chi connectivity index (χ2n) is 9.88. The first kappa shape index (κ1) is 27.4. The van der Waals surface area contributed by atoms with Crippen molar-refractivity contribution < 1.29 is 4.39 Å². The molecule has 1 atom stereocenters. The van der Waals surface area contributed by atoms with Crippen LogP contribution in [-0.2, 0) is 6.42 Å². The Morgan fingerprint density at radius 2 is 1.86 bits per heavy atom. The van der Waals surface area contributed by atoms with Crippen molar-refractivity contribution in [2.75, 3.05) is 33.7 Å². The van der Waals surface area contributed by atoms with Crippen LogP contribution in [0.5, 0.6) is 0 Å². The minimum Gasteiger partial charge on any atom is -0.387 e. The Hall–Kier alpha value is -3.15. The van der Waals surface area contributed by atoms with Gasteiger partial charge in [-0.2, -0.15) is 0 Å². The quantitative estimate of drug-likeness (QED) is 0.486. The fourth-order valence-corrected chi connectivity index (χ4v) is 4.98. The van der Waals surface area contributed by atoms with Gasteiger partial charge in [0.15, 0.2) is 0 Å². The molecule has 0 spiro atoms. The molecule has 6 heteroatoms. The molecular formula is C30H42FN5. The number of hydrogen-bond donors (Lipinski definition) is 1. The summed E-state index contributed by atoms with van der Waals surface area (Å²) in [5.41, 5.74) is 7.81. The normalized spacial score (nSPS) is 26.7. The lowest BCUT2D eigenvalue weighted by Gasteiger charge is -2.39. The number of halogens is 1. The molecule has 0 aromatic heterocycles. The number of aliphatic imine (C=N–C) groups is 2. The van der Waals surface area contributed by atoms with E-state index in [0.717, 1.165) is 97.1 Å². The minimum absolute atomic E-state index is 0.0833. The van der Waals surface area contributed by atoms with Gasteiger partial charge in [-0.15, -0.1) is 0 Å². The van der Waals surface area contributed by atoms with E-state index in [4.69, 9.17) is 4.99 Å². The van der Waals surface area contributed by atoms with Gasteiger partial charge in [0.2, 0.25) is 0 Å². The highest BCUT2D eigenvalue weighted by atomic mass is 19.1.